The molecule has 2 aliphatic rings. The van der Waals surface area contributed by atoms with Crippen molar-refractivity contribution in [2.24, 2.45) is 5.73 Å². The number of nitrogens with one attached hydrogen (secondary N) is 1. The molecule has 2 aliphatic heterocycles. The van der Waals surface area contributed by atoms with Crippen molar-refractivity contribution in [3.63, 3.8) is 0 Å². The molecule has 0 saturated carbocycles. The van der Waals surface area contributed by atoms with Gasteiger partial charge in [0.05, 0.1) is 70.9 Å². The Morgan fingerprint density at radius 2 is 1.49 bits per heavy atom. The number of piperazine rings is 1. The van der Waals surface area contributed by atoms with Crippen molar-refractivity contribution in [2.75, 3.05) is 97.3 Å². The molecule has 0 aliphatic carbocycles. The number of hydrogen-bond acceptors (Lipinski definition) is 14. The molecular formula is C30H44ClN5O9. The second-order valence-corrected chi connectivity index (χ2v) is 10.5. The molecule has 3 rings (SSSR count). The van der Waals surface area contributed by atoms with E-state index < -0.39 is 0 Å². The Balaban J connectivity index is 1.32. The van der Waals surface area contributed by atoms with E-state index in [1.807, 2.05) is 12.1 Å². The predicted molar refractivity (Wildman–Crippen MR) is 167 cm³/mol. The van der Waals surface area contributed by atoms with Crippen LogP contribution in [0.25, 0.3) is 0 Å². The average Bonchev–Trinajstić information content (AvgIpc) is 3.30. The van der Waals surface area contributed by atoms with Crippen molar-refractivity contribution in [3.8, 4) is 5.88 Å². The fraction of sp³-hybridized carbons (Fsp3) is 0.600. The first kappa shape index (κ1) is 36.2. The van der Waals surface area contributed by atoms with Crippen LogP contribution >= 0.6 is 11.6 Å². The fourth-order valence-electron chi connectivity index (χ4n) is 5.14. The van der Waals surface area contributed by atoms with E-state index in [4.69, 9.17) is 55.9 Å². The zero-order valence-electron chi connectivity index (χ0n) is 25.5. The Kier molecular flexibility index (Phi) is 17.3. The number of allylic oxidation sites excluding steroid dienone is 1. The van der Waals surface area contributed by atoms with Gasteiger partial charge in [-0.15, -0.1) is 0 Å². The summed E-state index contributed by atoms with van der Waals surface area (Å²) in [7, 11) is 0. The lowest BCUT2D eigenvalue weighted by Gasteiger charge is -2.44. The number of nitrogens with two attached hydrogens (primary N) is 1. The Morgan fingerprint density at radius 1 is 0.911 bits per heavy atom. The van der Waals surface area contributed by atoms with Crippen LogP contribution in [0.5, 0.6) is 5.88 Å². The van der Waals surface area contributed by atoms with Crippen LogP contribution in [-0.4, -0.2) is 132 Å². The first-order valence-corrected chi connectivity index (χ1v) is 15.3. The van der Waals surface area contributed by atoms with Crippen molar-refractivity contribution in [1.29, 1.82) is 5.41 Å². The fourth-order valence-corrected chi connectivity index (χ4v) is 5.24. The molecule has 3 heterocycles. The second-order valence-electron chi connectivity index (χ2n) is 10.1. The third-order valence-electron chi connectivity index (χ3n) is 7.02. The van der Waals surface area contributed by atoms with Crippen LogP contribution in [0.4, 0.5) is 5.69 Å². The molecule has 1 aromatic heterocycles. The van der Waals surface area contributed by atoms with Gasteiger partial charge in [-0.3, -0.25) is 10.2 Å². The molecular weight excluding hydrogens is 610 g/mol. The molecule has 250 valence electrons. The van der Waals surface area contributed by atoms with Crippen LogP contribution in [0.15, 0.2) is 41.9 Å². The number of hydrogen-bond donors (Lipinski definition) is 2. The average molecular weight is 654 g/mol. The quantitative estimate of drug-likeness (QED) is 0.0675. The van der Waals surface area contributed by atoms with E-state index in [-0.39, 0.29) is 30.5 Å². The van der Waals surface area contributed by atoms with Gasteiger partial charge in [0.15, 0.2) is 0 Å². The largest absolute Gasteiger partial charge is 0.475 e. The third-order valence-corrected chi connectivity index (χ3v) is 7.13. The minimum atomic E-state index is -0.126. The molecule has 0 aromatic carbocycles. The van der Waals surface area contributed by atoms with Crippen LogP contribution in [0, 0.1) is 5.41 Å². The topological polar surface area (TPSA) is 168 Å². The number of aldehydes is 1. The van der Waals surface area contributed by atoms with E-state index >= 15 is 0 Å². The highest BCUT2D eigenvalue weighted by atomic mass is 35.5. The SMILES string of the molecule is N=C(Cl)/C=C(\C(N)=C\COC=O)N1CC2CCC(C1)N2c1ccnc(OCCOCCOCCOCCOCCOCC=O)c1. The molecule has 2 fully saturated rings. The van der Waals surface area contributed by atoms with Gasteiger partial charge in [0.2, 0.25) is 5.88 Å². The Hall–Kier alpha value is -3.27. The number of fused-ring (bicyclic) bond motifs is 2. The van der Waals surface area contributed by atoms with E-state index in [9.17, 15) is 9.59 Å². The van der Waals surface area contributed by atoms with Gasteiger partial charge >= 0.3 is 0 Å². The summed E-state index contributed by atoms with van der Waals surface area (Å²) in [5.74, 6) is 0.530. The Labute approximate surface area is 268 Å². The second kappa shape index (κ2) is 21.5. The van der Waals surface area contributed by atoms with Crippen molar-refractivity contribution < 1.29 is 42.7 Å². The van der Waals surface area contributed by atoms with Gasteiger partial charge in [-0.1, -0.05) is 11.6 Å². The maximum atomic E-state index is 10.5. The van der Waals surface area contributed by atoms with Gasteiger partial charge in [0, 0.05) is 49.2 Å². The molecule has 2 atom stereocenters. The number of carbonyl (C=O) groups excluding carboxylic acids is 2. The minimum absolute atomic E-state index is 0.0458. The number of carbonyl (C=O) groups is 2. The maximum Gasteiger partial charge on any atom is 0.293 e. The summed E-state index contributed by atoms with van der Waals surface area (Å²) in [6, 6.07) is 4.40. The summed E-state index contributed by atoms with van der Waals surface area (Å²) in [5, 5.41) is 7.64. The maximum absolute atomic E-state index is 10.5. The lowest BCUT2D eigenvalue weighted by Crippen LogP contribution is -2.54. The molecule has 3 N–H and O–H groups in total. The standard InChI is InChI=1S/C30H44ClN5O9/c31-29(33)20-28(27(32)4-7-44-23-38)35-21-25-1-2-26(22-35)36(25)24-3-5-34-30(19-24)45-18-17-43-16-15-42-14-13-41-12-11-40-10-9-39-8-6-37/h3-6,19-20,23,25-26,33H,1-2,7-18,21-22,32H2/b27-4-,28-20+,33-29?. The number of halogens is 1. The molecule has 15 heteroatoms. The number of pyridine rings is 1. The minimum Gasteiger partial charge on any atom is -0.475 e. The summed E-state index contributed by atoms with van der Waals surface area (Å²) in [5.41, 5.74) is 8.37. The highest BCUT2D eigenvalue weighted by Gasteiger charge is 2.41. The van der Waals surface area contributed by atoms with E-state index in [0.717, 1.165) is 18.5 Å². The lowest BCUT2D eigenvalue weighted by molar-refractivity contribution is -0.127. The molecule has 2 saturated heterocycles. The van der Waals surface area contributed by atoms with Crippen molar-refractivity contribution in [1.82, 2.24) is 9.88 Å². The number of likely N-dealkylation sites (tertiary alicyclic amines) is 1. The lowest BCUT2D eigenvalue weighted by atomic mass is 10.1. The van der Waals surface area contributed by atoms with E-state index in [1.54, 1.807) is 12.3 Å². The van der Waals surface area contributed by atoms with Crippen LogP contribution < -0.4 is 15.4 Å². The zero-order chi connectivity index (χ0) is 32.1. The molecule has 45 heavy (non-hydrogen) atoms. The Morgan fingerprint density at radius 3 is 2.04 bits per heavy atom. The van der Waals surface area contributed by atoms with Gasteiger partial charge in [-0.2, -0.15) is 0 Å². The zero-order valence-corrected chi connectivity index (χ0v) is 26.2. The molecule has 2 bridgehead atoms. The highest BCUT2D eigenvalue weighted by Crippen LogP contribution is 2.37. The molecule has 0 radical (unpaired) electrons. The van der Waals surface area contributed by atoms with Crippen LogP contribution in [0.3, 0.4) is 0 Å². The van der Waals surface area contributed by atoms with Gasteiger partial charge in [0.25, 0.3) is 6.47 Å². The molecule has 0 spiro atoms. The third kappa shape index (κ3) is 13.3. The van der Waals surface area contributed by atoms with E-state index in [2.05, 4.69) is 14.8 Å². The van der Waals surface area contributed by atoms with Gasteiger partial charge in [0.1, 0.15) is 31.3 Å². The van der Waals surface area contributed by atoms with Crippen molar-refractivity contribution in [3.05, 3.63) is 41.9 Å². The summed E-state index contributed by atoms with van der Waals surface area (Å²) in [6.07, 6.45) is 7.61. The molecule has 0 amide bonds. The highest BCUT2D eigenvalue weighted by molar-refractivity contribution is 6.67. The summed E-state index contributed by atoms with van der Waals surface area (Å²) in [6.45, 7) is 6.21. The summed E-state index contributed by atoms with van der Waals surface area (Å²) < 4.78 is 37.4. The number of rotatable bonds is 25. The molecule has 2 unspecified atom stereocenters. The van der Waals surface area contributed by atoms with E-state index in [0.29, 0.717) is 109 Å². The van der Waals surface area contributed by atoms with Crippen LogP contribution in [-0.2, 0) is 38.0 Å². The number of nitrogens with zero attached hydrogens (tertiary/aromatic N) is 3. The number of aromatic nitrogens is 1. The van der Waals surface area contributed by atoms with Crippen LogP contribution in [0.1, 0.15) is 12.8 Å². The van der Waals surface area contributed by atoms with Crippen molar-refractivity contribution in [2.45, 2.75) is 24.9 Å². The van der Waals surface area contributed by atoms with Gasteiger partial charge in [-0.05, 0) is 25.0 Å². The monoisotopic (exact) mass is 653 g/mol. The smallest absolute Gasteiger partial charge is 0.293 e. The van der Waals surface area contributed by atoms with Crippen LogP contribution in [0.2, 0.25) is 0 Å². The summed E-state index contributed by atoms with van der Waals surface area (Å²) >= 11 is 5.90. The number of anilines is 1. The predicted octanol–water partition coefficient (Wildman–Crippen LogP) is 1.51. The van der Waals surface area contributed by atoms with Gasteiger partial charge in [-0.25, -0.2) is 4.98 Å². The van der Waals surface area contributed by atoms with Crippen molar-refractivity contribution >= 4 is 35.2 Å². The molecule has 14 nitrogen and oxygen atoms in total. The van der Waals surface area contributed by atoms with E-state index in [1.165, 1.54) is 6.08 Å². The van der Waals surface area contributed by atoms with Gasteiger partial charge < -0.3 is 53.5 Å². The summed E-state index contributed by atoms with van der Waals surface area (Å²) in [4.78, 5) is 29.5. The number of ether oxygens (including phenoxy) is 7. The first-order chi connectivity index (χ1) is 22.0. The Bertz CT molecular complexity index is 1100. The molecule has 1 aromatic rings. The first-order valence-electron chi connectivity index (χ1n) is 14.9. The normalized spacial score (nSPS) is 18.2.